The summed E-state index contributed by atoms with van der Waals surface area (Å²) in [6.07, 6.45) is 0. The Kier molecular flexibility index (Phi) is 23.2. The fourth-order valence-corrected chi connectivity index (χ4v) is 5.63. The second kappa shape index (κ2) is 23.2. The maximum atomic E-state index is 11.9. The van der Waals surface area contributed by atoms with Crippen LogP contribution in [0.25, 0.3) is 0 Å². The molecule has 2 heterocycles. The summed E-state index contributed by atoms with van der Waals surface area (Å²) in [5, 5.41) is 63.4. The van der Waals surface area contributed by atoms with Gasteiger partial charge in [-0.1, -0.05) is 0 Å². The number of thioether (sulfide) groups is 2. The third-order valence-electron chi connectivity index (χ3n) is 6.40. The molecule has 2 aliphatic heterocycles. The van der Waals surface area contributed by atoms with Gasteiger partial charge in [-0.3, -0.25) is 59.6 Å². The van der Waals surface area contributed by atoms with Crippen LogP contribution in [-0.4, -0.2) is 168 Å². The maximum Gasteiger partial charge on any atom is 1.00 e. The molecule has 0 unspecified atom stereocenters. The smallest absolute Gasteiger partial charge is 0.870 e. The molecule has 284 valence electrons. The first-order valence-electron chi connectivity index (χ1n) is 13.3. The van der Waals surface area contributed by atoms with Gasteiger partial charge in [0, 0.05) is 32.5 Å². The number of aliphatic hydroxyl groups is 1. The van der Waals surface area contributed by atoms with Crippen molar-refractivity contribution < 1.29 is 87.7 Å². The Balaban J connectivity index is -0.000000831. The first-order chi connectivity index (χ1) is 22.7. The van der Waals surface area contributed by atoms with E-state index in [1.165, 1.54) is 6.92 Å². The molecular formula is C22H35LiN8O18S2. The van der Waals surface area contributed by atoms with Crippen molar-refractivity contribution >= 4 is 59.1 Å². The minimum absolute atomic E-state index is 0. The van der Waals surface area contributed by atoms with Crippen LogP contribution in [0.3, 0.4) is 0 Å². The van der Waals surface area contributed by atoms with Gasteiger partial charge in [-0.2, -0.15) is 0 Å². The van der Waals surface area contributed by atoms with Crippen LogP contribution >= 0.6 is 23.5 Å². The van der Waals surface area contributed by atoms with Crippen molar-refractivity contribution in [1.82, 2.24) is 20.4 Å². The Labute approximate surface area is 307 Å². The van der Waals surface area contributed by atoms with Gasteiger partial charge in [-0.05, 0) is 0 Å². The molecule has 2 aliphatic rings. The third-order valence-corrected chi connectivity index (χ3v) is 8.44. The van der Waals surface area contributed by atoms with Crippen molar-refractivity contribution in [2.24, 2.45) is 0 Å². The Morgan fingerprint density at radius 1 is 0.725 bits per heavy atom. The zero-order valence-corrected chi connectivity index (χ0v) is 29.4. The van der Waals surface area contributed by atoms with E-state index in [0.29, 0.717) is 0 Å². The van der Waals surface area contributed by atoms with Gasteiger partial charge < -0.3 is 40.9 Å². The Hall–Kier alpha value is -4.36. The predicted octanol–water partition coefficient (Wildman–Crippen LogP) is -6.67. The van der Waals surface area contributed by atoms with Crippen molar-refractivity contribution in [2.45, 2.75) is 37.3 Å². The van der Waals surface area contributed by atoms with Gasteiger partial charge in [-0.25, -0.2) is 9.59 Å². The molecule has 0 aromatic carbocycles. The zero-order chi connectivity index (χ0) is 38.3. The van der Waals surface area contributed by atoms with Crippen molar-refractivity contribution in [3.63, 3.8) is 0 Å². The summed E-state index contributed by atoms with van der Waals surface area (Å²) in [4.78, 5) is 109. The second-order valence-corrected chi connectivity index (χ2v) is 12.0. The van der Waals surface area contributed by atoms with Crippen LogP contribution in [0, 0.1) is 40.5 Å². The van der Waals surface area contributed by atoms with E-state index in [4.69, 9.17) is 10.2 Å². The number of nitro groups is 4. The number of hydrogen-bond donors (Lipinski definition) is 4. The summed E-state index contributed by atoms with van der Waals surface area (Å²) in [6.45, 7) is -0.0703. The second-order valence-electron chi connectivity index (χ2n) is 9.89. The number of nitrogens with zero attached hydrogens (tertiary/aromatic N) is 6. The quantitative estimate of drug-likeness (QED) is 0.0372. The van der Waals surface area contributed by atoms with Crippen LogP contribution < -0.4 is 29.5 Å². The molecular weight excluding hydrogens is 735 g/mol. The summed E-state index contributed by atoms with van der Waals surface area (Å²) in [5.74, 6) is -4.36. The number of methoxy groups -OCH3 is 1. The average molecular weight is 771 g/mol. The van der Waals surface area contributed by atoms with Crippen LogP contribution in [0.15, 0.2) is 0 Å². The molecule has 5 N–H and O–H groups in total. The summed E-state index contributed by atoms with van der Waals surface area (Å²) in [5.41, 5.74) is -4.70. The normalized spacial score (nSPS) is 15.5. The molecule has 0 bridgehead atoms. The molecule has 2 rings (SSSR count). The zero-order valence-electron chi connectivity index (χ0n) is 27.8. The van der Waals surface area contributed by atoms with E-state index in [-0.39, 0.29) is 47.3 Å². The molecule has 0 spiro atoms. The number of hydrogen-bond acceptors (Lipinski definition) is 19. The molecule has 0 aliphatic carbocycles. The summed E-state index contributed by atoms with van der Waals surface area (Å²) < 4.78 is 4.52. The largest absolute Gasteiger partial charge is 1.00 e. The van der Waals surface area contributed by atoms with Crippen LogP contribution in [0.1, 0.15) is 13.8 Å². The van der Waals surface area contributed by atoms with Crippen molar-refractivity contribution in [1.29, 1.82) is 0 Å². The average Bonchev–Trinajstić information content (AvgIpc) is 2.94. The number of likely N-dealkylation sites (tertiary alicyclic amines) is 2. The fraction of sp³-hybridized carbons (Fsp3) is 0.727. The molecule has 0 radical (unpaired) electrons. The molecule has 2 saturated heterocycles. The Morgan fingerprint density at radius 3 is 1.27 bits per heavy atom. The van der Waals surface area contributed by atoms with Crippen LogP contribution in [0.4, 0.5) is 0 Å². The SMILES string of the molecule is CC(=O)N[C@@H](CSCC(=O)N1CC([N+](=O)[O-])([N+](=O)[O-])C1)C(=O)O.CO.COC(=O)[C@H](CSCC(=O)N1CC([N+](=O)[O-])([N+](=O)[O-])C1)NC(C)=O.[Li+].[OH-]. The number of ether oxygens (including phenoxy) is 1. The van der Waals surface area contributed by atoms with E-state index in [2.05, 4.69) is 15.4 Å². The number of aliphatic hydroxyl groups excluding tert-OH is 1. The molecule has 0 aromatic heterocycles. The number of carbonyl (C=O) groups is 6. The van der Waals surface area contributed by atoms with E-state index in [1.54, 1.807) is 0 Å². The van der Waals surface area contributed by atoms with Crippen LogP contribution in [0.5, 0.6) is 0 Å². The maximum absolute atomic E-state index is 11.9. The van der Waals surface area contributed by atoms with E-state index in [1.807, 2.05) is 0 Å². The molecule has 2 fully saturated rings. The number of amides is 4. The summed E-state index contributed by atoms with van der Waals surface area (Å²) in [6, 6.07) is -2.10. The number of nitrogens with one attached hydrogen (secondary N) is 2. The number of carbonyl (C=O) groups excluding carboxylic acids is 5. The first kappa shape index (κ1) is 51.0. The summed E-state index contributed by atoms with van der Waals surface area (Å²) in [7, 11) is 2.15. The van der Waals surface area contributed by atoms with Crippen molar-refractivity contribution in [2.75, 3.05) is 63.4 Å². The van der Waals surface area contributed by atoms with E-state index in [9.17, 15) is 69.2 Å². The van der Waals surface area contributed by atoms with Crippen molar-refractivity contribution in [3.8, 4) is 0 Å². The Morgan fingerprint density at radius 2 is 1.02 bits per heavy atom. The minimum Gasteiger partial charge on any atom is -0.870 e. The summed E-state index contributed by atoms with van der Waals surface area (Å²) >= 11 is 1.91. The standard InChI is InChI=1S/C11H16N4O8S.C10H14N4O8S.CH4O.Li.H2O/c1-7(16)12-8(10(18)23-2)3-24-4-9(17)13-5-11(6-13,14(19)20)15(21)22;1-6(15)11-7(9(17)18)2-23-3-8(16)12-4-10(5-12,13(19)20)14(21)22;1-2;;/h8H,3-6H2,1-2H3,(H,12,16);7H,2-5H2,1H3,(H,11,15)(H,17,18);2H,1H3;;1H2/q;;;+1;/p-1/t8-;7-;;;/m00.../s1. The van der Waals surface area contributed by atoms with E-state index < -0.39 is 105 Å². The Bertz CT molecular complexity index is 1280. The van der Waals surface area contributed by atoms with Gasteiger partial charge in [0.15, 0.2) is 26.2 Å². The molecule has 0 aromatic rings. The van der Waals surface area contributed by atoms with Gasteiger partial charge in [0.1, 0.15) is 31.8 Å². The van der Waals surface area contributed by atoms with Gasteiger partial charge in [0.25, 0.3) is 0 Å². The predicted molar refractivity (Wildman–Crippen MR) is 166 cm³/mol. The van der Waals surface area contributed by atoms with Gasteiger partial charge in [0.05, 0.1) is 18.6 Å². The van der Waals surface area contributed by atoms with Crippen LogP contribution in [0.2, 0.25) is 0 Å². The van der Waals surface area contributed by atoms with E-state index >= 15 is 0 Å². The van der Waals surface area contributed by atoms with Crippen LogP contribution in [-0.2, 0) is 33.5 Å². The monoisotopic (exact) mass is 770 g/mol. The van der Waals surface area contributed by atoms with Gasteiger partial charge >= 0.3 is 42.1 Å². The van der Waals surface area contributed by atoms with Gasteiger partial charge in [-0.15, -0.1) is 23.5 Å². The fourth-order valence-electron chi connectivity index (χ4n) is 3.77. The molecule has 0 saturated carbocycles. The number of aliphatic carboxylic acids is 1. The number of carboxylic acids is 1. The molecule has 51 heavy (non-hydrogen) atoms. The molecule has 29 heteroatoms. The number of esters is 1. The number of carboxylic acid groups (broad SMARTS) is 1. The van der Waals surface area contributed by atoms with Crippen molar-refractivity contribution in [3.05, 3.63) is 40.5 Å². The molecule has 26 nitrogen and oxygen atoms in total. The minimum atomic E-state index is -2.36. The molecule has 4 amide bonds. The molecule has 2 atom stereocenters. The topological polar surface area (TPSA) is 385 Å². The van der Waals surface area contributed by atoms with Gasteiger partial charge in [0.2, 0.25) is 23.6 Å². The number of rotatable bonds is 16. The first-order valence-corrected chi connectivity index (χ1v) is 15.6. The third kappa shape index (κ3) is 14.4. The van der Waals surface area contributed by atoms with E-state index in [0.717, 1.165) is 54.5 Å².